The Kier molecular flexibility index (Phi) is 7.17. The Hall–Kier alpha value is -2.06. The number of amides is 1. The van der Waals surface area contributed by atoms with Crippen molar-refractivity contribution in [3.05, 3.63) is 64.4 Å². The fourth-order valence-electron chi connectivity index (χ4n) is 3.49. The lowest BCUT2D eigenvalue weighted by atomic mass is 10.3. The Morgan fingerprint density at radius 2 is 1.87 bits per heavy atom. The number of likely N-dealkylation sites (tertiary alicyclic amines) is 1. The van der Waals surface area contributed by atoms with Gasteiger partial charge in [-0.05, 0) is 63.2 Å². The minimum atomic E-state index is -0.405. The lowest BCUT2D eigenvalue weighted by Gasteiger charge is -2.17. The summed E-state index contributed by atoms with van der Waals surface area (Å²) in [6.07, 6.45) is 2.43. The summed E-state index contributed by atoms with van der Waals surface area (Å²) in [6.45, 7) is 4.73. The molecule has 162 valence electrons. The van der Waals surface area contributed by atoms with Gasteiger partial charge in [-0.2, -0.15) is 0 Å². The summed E-state index contributed by atoms with van der Waals surface area (Å²) in [7, 11) is 0. The predicted molar refractivity (Wildman–Crippen MR) is 126 cm³/mol. The van der Waals surface area contributed by atoms with Gasteiger partial charge in [0.05, 0.1) is 22.5 Å². The van der Waals surface area contributed by atoms with E-state index in [2.05, 4.69) is 20.4 Å². The third-order valence-corrected chi connectivity index (χ3v) is 6.71. The SMILES string of the molecule is C[C@H](Sc1nnc(CN2CCCC2)n1-c1ccccc1)C(=O)Nc1ccc(Cl)cc1Cl. The standard InChI is InChI=1S/C22H23Cl2N5OS/c1-15(21(30)25-19-10-9-16(23)13-18(19)24)31-22-27-26-20(14-28-11-5-6-12-28)29(22)17-7-3-2-4-8-17/h2-4,7-10,13,15H,5-6,11-12,14H2,1H3,(H,25,30)/t15-/m0/s1. The van der Waals surface area contributed by atoms with Gasteiger partial charge in [0.1, 0.15) is 0 Å². The number of nitrogens with zero attached hydrogens (tertiary/aromatic N) is 4. The molecule has 1 fully saturated rings. The van der Waals surface area contributed by atoms with Crippen LogP contribution in [0.5, 0.6) is 0 Å². The Balaban J connectivity index is 1.54. The van der Waals surface area contributed by atoms with Crippen molar-refractivity contribution in [1.82, 2.24) is 19.7 Å². The first-order chi connectivity index (χ1) is 15.0. The number of carbonyl (C=O) groups is 1. The van der Waals surface area contributed by atoms with Crippen molar-refractivity contribution in [1.29, 1.82) is 0 Å². The quantitative estimate of drug-likeness (QED) is 0.470. The summed E-state index contributed by atoms with van der Waals surface area (Å²) in [4.78, 5) is 15.2. The number of rotatable bonds is 7. The highest BCUT2D eigenvalue weighted by molar-refractivity contribution is 8.00. The van der Waals surface area contributed by atoms with E-state index in [1.54, 1.807) is 18.2 Å². The second-order valence-corrected chi connectivity index (χ2v) is 9.58. The van der Waals surface area contributed by atoms with Crippen LogP contribution in [-0.2, 0) is 11.3 Å². The molecule has 1 aliphatic heterocycles. The van der Waals surface area contributed by atoms with E-state index in [1.165, 1.54) is 24.6 Å². The van der Waals surface area contributed by atoms with Gasteiger partial charge >= 0.3 is 0 Å². The molecule has 0 aliphatic carbocycles. The van der Waals surface area contributed by atoms with Crippen molar-refractivity contribution < 1.29 is 4.79 Å². The first kappa shape index (κ1) is 22.1. The summed E-state index contributed by atoms with van der Waals surface area (Å²) in [5, 5.41) is 12.9. The number of nitrogens with one attached hydrogen (secondary N) is 1. The van der Waals surface area contributed by atoms with E-state index in [4.69, 9.17) is 23.2 Å². The minimum absolute atomic E-state index is 0.169. The predicted octanol–water partition coefficient (Wildman–Crippen LogP) is 5.29. The van der Waals surface area contributed by atoms with Gasteiger partial charge in [0.25, 0.3) is 0 Å². The van der Waals surface area contributed by atoms with Crippen molar-refractivity contribution in [2.75, 3.05) is 18.4 Å². The Labute approximate surface area is 195 Å². The molecule has 0 saturated carbocycles. The van der Waals surface area contributed by atoms with Gasteiger partial charge in [-0.3, -0.25) is 14.3 Å². The lowest BCUT2D eigenvalue weighted by molar-refractivity contribution is -0.115. The molecule has 1 atom stereocenters. The normalized spacial score (nSPS) is 15.2. The van der Waals surface area contributed by atoms with Crippen LogP contribution in [0.3, 0.4) is 0 Å². The summed E-state index contributed by atoms with van der Waals surface area (Å²) < 4.78 is 2.04. The molecule has 1 saturated heterocycles. The number of para-hydroxylation sites is 1. The van der Waals surface area contributed by atoms with Crippen molar-refractivity contribution in [3.8, 4) is 5.69 Å². The maximum absolute atomic E-state index is 12.8. The zero-order valence-electron chi connectivity index (χ0n) is 17.1. The molecule has 1 aromatic heterocycles. The number of halogens is 2. The molecule has 31 heavy (non-hydrogen) atoms. The van der Waals surface area contributed by atoms with Gasteiger partial charge < -0.3 is 5.32 Å². The highest BCUT2D eigenvalue weighted by atomic mass is 35.5. The fourth-order valence-corrected chi connectivity index (χ4v) is 4.84. The molecular formula is C22H23Cl2N5OS. The summed E-state index contributed by atoms with van der Waals surface area (Å²) in [5.74, 6) is 0.710. The third-order valence-electron chi connectivity index (χ3n) is 5.12. The van der Waals surface area contributed by atoms with Crippen molar-refractivity contribution in [3.63, 3.8) is 0 Å². The van der Waals surface area contributed by atoms with E-state index in [0.717, 1.165) is 31.1 Å². The number of hydrogen-bond donors (Lipinski definition) is 1. The molecule has 0 spiro atoms. The van der Waals surface area contributed by atoms with Gasteiger partial charge in [0.15, 0.2) is 11.0 Å². The maximum atomic E-state index is 12.8. The topological polar surface area (TPSA) is 63.1 Å². The Morgan fingerprint density at radius 3 is 2.58 bits per heavy atom. The van der Waals surface area contributed by atoms with Gasteiger partial charge in [0, 0.05) is 10.7 Å². The number of hydrogen-bond acceptors (Lipinski definition) is 5. The molecule has 2 heterocycles. The summed E-state index contributed by atoms with van der Waals surface area (Å²) in [6, 6.07) is 15.0. The molecule has 4 rings (SSSR count). The van der Waals surface area contributed by atoms with Crippen LogP contribution in [0.2, 0.25) is 10.0 Å². The Bertz CT molecular complexity index is 1050. The lowest BCUT2D eigenvalue weighted by Crippen LogP contribution is -2.23. The number of aromatic nitrogens is 3. The van der Waals surface area contributed by atoms with Crippen LogP contribution in [0.4, 0.5) is 5.69 Å². The molecule has 1 aliphatic rings. The van der Waals surface area contributed by atoms with Gasteiger partial charge in [-0.15, -0.1) is 10.2 Å². The van der Waals surface area contributed by atoms with Gasteiger partial charge in [-0.25, -0.2) is 0 Å². The molecular weight excluding hydrogens is 453 g/mol. The smallest absolute Gasteiger partial charge is 0.237 e. The number of benzene rings is 2. The van der Waals surface area contributed by atoms with Gasteiger partial charge in [0.2, 0.25) is 5.91 Å². The van der Waals surface area contributed by atoms with E-state index in [1.807, 2.05) is 41.8 Å². The maximum Gasteiger partial charge on any atom is 0.237 e. The average Bonchev–Trinajstić information content (AvgIpc) is 3.41. The highest BCUT2D eigenvalue weighted by Crippen LogP contribution is 2.29. The highest BCUT2D eigenvalue weighted by Gasteiger charge is 2.23. The number of anilines is 1. The molecule has 0 bridgehead atoms. The van der Waals surface area contributed by atoms with E-state index in [9.17, 15) is 4.79 Å². The van der Waals surface area contributed by atoms with Crippen LogP contribution in [0.25, 0.3) is 5.69 Å². The average molecular weight is 476 g/mol. The molecule has 6 nitrogen and oxygen atoms in total. The van der Waals surface area contributed by atoms with E-state index < -0.39 is 5.25 Å². The van der Waals surface area contributed by atoms with E-state index in [0.29, 0.717) is 20.9 Å². The first-order valence-corrected chi connectivity index (χ1v) is 11.8. The summed E-state index contributed by atoms with van der Waals surface area (Å²) >= 11 is 13.5. The van der Waals surface area contributed by atoms with Gasteiger partial charge in [-0.1, -0.05) is 53.2 Å². The van der Waals surface area contributed by atoms with E-state index in [-0.39, 0.29) is 5.91 Å². The second-order valence-electron chi connectivity index (χ2n) is 7.43. The largest absolute Gasteiger partial charge is 0.324 e. The number of carbonyl (C=O) groups excluding carboxylic acids is 1. The zero-order chi connectivity index (χ0) is 21.8. The molecule has 0 unspecified atom stereocenters. The molecule has 0 radical (unpaired) electrons. The van der Waals surface area contributed by atoms with Crippen molar-refractivity contribution in [2.24, 2.45) is 0 Å². The van der Waals surface area contributed by atoms with Crippen LogP contribution in [0.1, 0.15) is 25.6 Å². The zero-order valence-corrected chi connectivity index (χ0v) is 19.4. The van der Waals surface area contributed by atoms with Crippen molar-refractivity contribution in [2.45, 2.75) is 36.7 Å². The molecule has 3 aromatic rings. The molecule has 2 aromatic carbocycles. The summed E-state index contributed by atoms with van der Waals surface area (Å²) in [5.41, 5.74) is 1.51. The molecule has 1 amide bonds. The molecule has 1 N–H and O–H groups in total. The third kappa shape index (κ3) is 5.41. The van der Waals surface area contributed by atoms with Crippen LogP contribution < -0.4 is 5.32 Å². The first-order valence-electron chi connectivity index (χ1n) is 10.2. The van der Waals surface area contributed by atoms with Crippen LogP contribution in [-0.4, -0.2) is 43.9 Å². The second kappa shape index (κ2) is 10.0. The van der Waals surface area contributed by atoms with Crippen LogP contribution in [0, 0.1) is 0 Å². The van der Waals surface area contributed by atoms with Crippen LogP contribution in [0.15, 0.2) is 53.7 Å². The Morgan fingerprint density at radius 1 is 1.13 bits per heavy atom. The fraction of sp³-hybridized carbons (Fsp3) is 0.318. The van der Waals surface area contributed by atoms with Crippen molar-refractivity contribution >= 4 is 46.6 Å². The van der Waals surface area contributed by atoms with E-state index >= 15 is 0 Å². The minimum Gasteiger partial charge on any atom is -0.324 e. The number of thioether (sulfide) groups is 1. The monoisotopic (exact) mass is 475 g/mol. The van der Waals surface area contributed by atoms with Crippen LogP contribution >= 0.6 is 35.0 Å². The molecule has 9 heteroatoms.